The quantitative estimate of drug-likeness (QED) is 0.479. The molecule has 0 aliphatic carbocycles. The fourth-order valence-corrected chi connectivity index (χ4v) is 6.49. The summed E-state index contributed by atoms with van der Waals surface area (Å²) < 4.78 is 17.3. The molecule has 2 fully saturated rings. The molecule has 2 heterocycles. The molecule has 0 bridgehead atoms. The van der Waals surface area contributed by atoms with Gasteiger partial charge in [-0.2, -0.15) is 11.8 Å². The molecule has 1 aromatic carbocycles. The molecule has 1 N–H and O–H groups in total. The number of thioether (sulfide) groups is 1. The van der Waals surface area contributed by atoms with Crippen LogP contribution in [-0.4, -0.2) is 90.9 Å². The molecule has 1 unspecified atom stereocenters. The average Bonchev–Trinajstić information content (AvgIpc) is 3.29. The van der Waals surface area contributed by atoms with Crippen molar-refractivity contribution in [2.45, 2.75) is 65.2 Å². The Morgan fingerprint density at radius 1 is 1.18 bits per heavy atom. The number of hydrogen-bond donors (Lipinski definition) is 1. The molecule has 0 radical (unpaired) electrons. The zero-order valence-electron chi connectivity index (χ0n) is 21.6. The van der Waals surface area contributed by atoms with E-state index >= 15 is 0 Å². The van der Waals surface area contributed by atoms with Crippen LogP contribution >= 0.6 is 11.8 Å². The first-order valence-electron chi connectivity index (χ1n) is 12.7. The van der Waals surface area contributed by atoms with Gasteiger partial charge in [0.15, 0.2) is 18.1 Å². The lowest BCUT2D eigenvalue weighted by molar-refractivity contribution is -0.137. The average molecular weight is 494 g/mol. The first-order chi connectivity index (χ1) is 16.4. The van der Waals surface area contributed by atoms with Crippen molar-refractivity contribution >= 4 is 17.7 Å². The lowest BCUT2D eigenvalue weighted by Gasteiger charge is -2.43. The van der Waals surface area contributed by atoms with E-state index in [2.05, 4.69) is 28.0 Å². The van der Waals surface area contributed by atoms with Crippen molar-refractivity contribution in [3.05, 3.63) is 23.8 Å². The van der Waals surface area contributed by atoms with Gasteiger partial charge >= 0.3 is 0 Å². The van der Waals surface area contributed by atoms with Crippen LogP contribution in [0.1, 0.15) is 46.6 Å². The summed E-state index contributed by atoms with van der Waals surface area (Å²) in [5.41, 5.74) is 1.37. The Bertz CT molecular complexity index is 769. The number of ether oxygens (including phenoxy) is 3. The lowest BCUT2D eigenvalue weighted by Crippen LogP contribution is -2.58. The summed E-state index contributed by atoms with van der Waals surface area (Å²) in [6, 6.07) is 6.28. The van der Waals surface area contributed by atoms with Crippen LogP contribution in [0.4, 0.5) is 0 Å². The number of nitrogens with one attached hydrogen (secondary N) is 1. The predicted molar refractivity (Wildman–Crippen MR) is 139 cm³/mol. The second kappa shape index (κ2) is 13.0. The molecule has 34 heavy (non-hydrogen) atoms. The second-order valence-electron chi connectivity index (χ2n) is 9.72. The highest BCUT2D eigenvalue weighted by molar-refractivity contribution is 7.99. The van der Waals surface area contributed by atoms with Crippen molar-refractivity contribution in [2.24, 2.45) is 0 Å². The molecule has 0 aromatic heterocycles. The van der Waals surface area contributed by atoms with E-state index in [9.17, 15) is 4.79 Å². The van der Waals surface area contributed by atoms with Crippen LogP contribution in [0.5, 0.6) is 11.5 Å². The molecule has 3 rings (SSSR count). The van der Waals surface area contributed by atoms with Crippen LogP contribution in [-0.2, 0) is 16.1 Å². The van der Waals surface area contributed by atoms with Crippen molar-refractivity contribution in [3.8, 4) is 11.5 Å². The lowest BCUT2D eigenvalue weighted by atomic mass is 9.95. The van der Waals surface area contributed by atoms with Gasteiger partial charge in [0.05, 0.1) is 19.8 Å². The molecular weight excluding hydrogens is 450 g/mol. The first kappa shape index (κ1) is 27.1. The van der Waals surface area contributed by atoms with Crippen LogP contribution in [0, 0.1) is 0 Å². The Labute approximate surface area is 209 Å². The maximum atomic E-state index is 12.7. The number of rotatable bonds is 12. The van der Waals surface area contributed by atoms with Crippen molar-refractivity contribution < 1.29 is 19.0 Å². The molecule has 0 saturated carbocycles. The zero-order valence-corrected chi connectivity index (χ0v) is 22.4. The number of nitrogens with zero attached hydrogens (tertiary/aromatic N) is 2. The highest BCUT2D eigenvalue weighted by Crippen LogP contribution is 2.34. The van der Waals surface area contributed by atoms with E-state index in [1.54, 1.807) is 0 Å². The van der Waals surface area contributed by atoms with E-state index < -0.39 is 0 Å². The largest absolute Gasteiger partial charge is 0.490 e. The minimum absolute atomic E-state index is 0.00770. The smallest absolute Gasteiger partial charge is 0.260 e. The summed E-state index contributed by atoms with van der Waals surface area (Å²) in [5, 5.41) is 3.71. The normalized spacial score (nSPS) is 21.3. The standard InChI is InChI=1S/C26H43N3O4S/c1-6-32-24-15-22(7-8-23(24)33-17-25(30)29(20(2)3)21(4)5)16-27-18-26(9-14-34-19-26)28-10-12-31-13-11-28/h7-8,15,20-21,27H,6,9-14,16-19H2,1-5H3. The Hall–Kier alpha value is -1.48. The molecule has 1 atom stereocenters. The van der Waals surface area contributed by atoms with Gasteiger partial charge in [0.25, 0.3) is 5.91 Å². The van der Waals surface area contributed by atoms with Gasteiger partial charge < -0.3 is 24.4 Å². The number of carbonyl (C=O) groups is 1. The third kappa shape index (κ3) is 7.03. The molecular formula is C26H43N3O4S. The molecule has 8 heteroatoms. The molecule has 2 aliphatic heterocycles. The molecule has 7 nitrogen and oxygen atoms in total. The topological polar surface area (TPSA) is 63.3 Å². The van der Waals surface area contributed by atoms with Gasteiger partial charge in [-0.1, -0.05) is 6.07 Å². The van der Waals surface area contributed by atoms with Crippen LogP contribution in [0.3, 0.4) is 0 Å². The van der Waals surface area contributed by atoms with E-state index in [0.717, 1.165) is 45.0 Å². The van der Waals surface area contributed by atoms with Crippen molar-refractivity contribution in [2.75, 3.05) is 57.6 Å². The van der Waals surface area contributed by atoms with E-state index in [0.29, 0.717) is 18.1 Å². The van der Waals surface area contributed by atoms with Gasteiger partial charge in [0, 0.05) is 49.6 Å². The number of amides is 1. The van der Waals surface area contributed by atoms with E-state index in [-0.39, 0.29) is 30.1 Å². The third-order valence-electron chi connectivity index (χ3n) is 6.61. The Kier molecular flexibility index (Phi) is 10.4. The minimum atomic E-state index is -0.0129. The van der Waals surface area contributed by atoms with Crippen LogP contribution < -0.4 is 14.8 Å². The minimum Gasteiger partial charge on any atom is -0.490 e. The molecule has 0 spiro atoms. The fourth-order valence-electron chi connectivity index (χ4n) is 5.01. The van der Waals surface area contributed by atoms with E-state index in [1.165, 1.54) is 17.9 Å². The van der Waals surface area contributed by atoms with Gasteiger partial charge in [-0.3, -0.25) is 9.69 Å². The number of morpholine rings is 1. The molecule has 1 amide bonds. The highest BCUT2D eigenvalue weighted by atomic mass is 32.2. The Morgan fingerprint density at radius 3 is 2.53 bits per heavy atom. The molecule has 2 aliphatic rings. The number of hydrogen-bond acceptors (Lipinski definition) is 7. The summed E-state index contributed by atoms with van der Waals surface area (Å²) in [7, 11) is 0. The van der Waals surface area contributed by atoms with Crippen LogP contribution in [0.2, 0.25) is 0 Å². The Balaban J connectivity index is 1.59. The van der Waals surface area contributed by atoms with Gasteiger partial charge in [0.1, 0.15) is 0 Å². The van der Waals surface area contributed by atoms with Crippen molar-refractivity contribution in [1.29, 1.82) is 0 Å². The van der Waals surface area contributed by atoms with Gasteiger partial charge in [-0.05, 0) is 64.5 Å². The summed E-state index contributed by atoms with van der Waals surface area (Å²) in [5.74, 6) is 3.69. The van der Waals surface area contributed by atoms with E-state index in [4.69, 9.17) is 14.2 Å². The predicted octanol–water partition coefficient (Wildman–Crippen LogP) is 3.41. The zero-order chi connectivity index (χ0) is 24.6. The van der Waals surface area contributed by atoms with Crippen LogP contribution in [0.15, 0.2) is 18.2 Å². The molecule has 192 valence electrons. The first-order valence-corrected chi connectivity index (χ1v) is 13.8. The van der Waals surface area contributed by atoms with Gasteiger partial charge in [0.2, 0.25) is 0 Å². The summed E-state index contributed by atoms with van der Waals surface area (Å²) in [4.78, 5) is 17.2. The van der Waals surface area contributed by atoms with Crippen molar-refractivity contribution in [3.63, 3.8) is 0 Å². The summed E-state index contributed by atoms with van der Waals surface area (Å²) >= 11 is 2.05. The Morgan fingerprint density at radius 2 is 1.91 bits per heavy atom. The van der Waals surface area contributed by atoms with Gasteiger partial charge in [-0.25, -0.2) is 0 Å². The van der Waals surface area contributed by atoms with Gasteiger partial charge in [-0.15, -0.1) is 0 Å². The second-order valence-corrected chi connectivity index (χ2v) is 10.8. The third-order valence-corrected chi connectivity index (χ3v) is 7.84. The molecule has 2 saturated heterocycles. The summed E-state index contributed by atoms with van der Waals surface area (Å²) in [6.45, 7) is 16.1. The number of carbonyl (C=O) groups excluding carboxylic acids is 1. The molecule has 1 aromatic rings. The fraction of sp³-hybridized carbons (Fsp3) is 0.731. The van der Waals surface area contributed by atoms with Crippen LogP contribution in [0.25, 0.3) is 0 Å². The maximum absolute atomic E-state index is 12.7. The van der Waals surface area contributed by atoms with E-state index in [1.807, 2.05) is 51.7 Å². The SMILES string of the molecule is CCOc1cc(CNCC2(N3CCOCC3)CCSC2)ccc1OCC(=O)N(C(C)C)C(C)C. The highest BCUT2D eigenvalue weighted by Gasteiger charge is 2.40. The monoisotopic (exact) mass is 493 g/mol. The number of benzene rings is 1. The maximum Gasteiger partial charge on any atom is 0.260 e. The summed E-state index contributed by atoms with van der Waals surface area (Å²) in [6.07, 6.45) is 1.22. The van der Waals surface area contributed by atoms with Crippen molar-refractivity contribution in [1.82, 2.24) is 15.1 Å².